The van der Waals surface area contributed by atoms with Gasteiger partial charge in [0.25, 0.3) is 0 Å². The van der Waals surface area contributed by atoms with Gasteiger partial charge in [-0.1, -0.05) is 0 Å². The van der Waals surface area contributed by atoms with Crippen LogP contribution in [0.5, 0.6) is 0 Å². The second-order valence-corrected chi connectivity index (χ2v) is 4.47. The van der Waals surface area contributed by atoms with E-state index in [4.69, 9.17) is 10.5 Å². The van der Waals surface area contributed by atoms with Gasteiger partial charge in [0.1, 0.15) is 6.54 Å². The van der Waals surface area contributed by atoms with Gasteiger partial charge in [-0.3, -0.25) is 4.79 Å². The first-order chi connectivity index (χ1) is 10.3. The molecule has 1 aromatic carbocycles. The molecule has 1 rings (SSSR count). The summed E-state index contributed by atoms with van der Waals surface area (Å²) < 4.78 is 44.0. The fraction of sp³-hybridized carbons (Fsp3) is 0.385. The van der Waals surface area contributed by atoms with Crippen LogP contribution in [0.3, 0.4) is 0 Å². The van der Waals surface area contributed by atoms with Gasteiger partial charge in [-0.25, -0.2) is 18.2 Å². The molecule has 9 heteroatoms. The summed E-state index contributed by atoms with van der Waals surface area (Å²) in [4.78, 5) is 15.3. The van der Waals surface area contributed by atoms with Crippen molar-refractivity contribution in [2.45, 2.75) is 13.0 Å². The molecular formula is C13H17F3N4O2. The number of halogens is 3. The number of amides is 1. The fourth-order valence-corrected chi connectivity index (χ4v) is 1.56. The topological polar surface area (TPSA) is 88.7 Å². The third-order valence-corrected chi connectivity index (χ3v) is 2.51. The first-order valence-corrected chi connectivity index (χ1v) is 6.34. The van der Waals surface area contributed by atoms with E-state index in [1.807, 2.05) is 0 Å². The normalized spacial score (nSPS) is 12.9. The van der Waals surface area contributed by atoms with Gasteiger partial charge in [0.2, 0.25) is 5.91 Å². The lowest BCUT2D eigenvalue weighted by Crippen LogP contribution is -2.41. The number of hydrogen-bond donors (Lipinski definition) is 3. The molecular weight excluding hydrogens is 301 g/mol. The van der Waals surface area contributed by atoms with Crippen LogP contribution in [-0.2, 0) is 9.53 Å². The zero-order valence-electron chi connectivity index (χ0n) is 12.1. The molecule has 1 atom stereocenters. The van der Waals surface area contributed by atoms with Crippen molar-refractivity contribution in [1.29, 1.82) is 0 Å². The molecule has 0 aliphatic carbocycles. The molecule has 0 heterocycles. The summed E-state index contributed by atoms with van der Waals surface area (Å²) in [7, 11) is 1.52. The smallest absolute Gasteiger partial charge is 0.246 e. The summed E-state index contributed by atoms with van der Waals surface area (Å²) in [6.07, 6.45) is 0. The Bertz CT molecular complexity index is 566. The molecule has 22 heavy (non-hydrogen) atoms. The fourth-order valence-electron chi connectivity index (χ4n) is 1.56. The summed E-state index contributed by atoms with van der Waals surface area (Å²) in [5, 5.41) is 4.84. The molecule has 0 aliphatic heterocycles. The highest BCUT2D eigenvalue weighted by Crippen LogP contribution is 2.19. The number of anilines is 1. The summed E-state index contributed by atoms with van der Waals surface area (Å²) in [6, 6.07) is 1.51. The third kappa shape index (κ3) is 5.24. The number of aliphatic imine (C=N–C) groups is 1. The van der Waals surface area contributed by atoms with Gasteiger partial charge >= 0.3 is 0 Å². The molecule has 0 spiro atoms. The highest BCUT2D eigenvalue weighted by molar-refractivity contribution is 5.94. The van der Waals surface area contributed by atoms with Crippen molar-refractivity contribution in [2.24, 2.45) is 10.7 Å². The second kappa shape index (κ2) is 8.23. The molecule has 0 bridgehead atoms. The molecule has 0 aliphatic rings. The maximum atomic E-state index is 13.4. The predicted octanol–water partition coefficient (Wildman–Crippen LogP) is 0.982. The van der Waals surface area contributed by atoms with Crippen LogP contribution in [0, 0.1) is 17.5 Å². The summed E-state index contributed by atoms with van der Waals surface area (Å²) in [5.41, 5.74) is 5.07. The van der Waals surface area contributed by atoms with E-state index in [1.165, 1.54) is 7.11 Å². The average molecular weight is 318 g/mol. The number of nitrogens with one attached hydrogen (secondary N) is 2. The number of methoxy groups -OCH3 is 1. The van der Waals surface area contributed by atoms with Gasteiger partial charge in [-0.15, -0.1) is 0 Å². The van der Waals surface area contributed by atoms with Crippen molar-refractivity contribution in [1.82, 2.24) is 5.32 Å². The Labute approximate surface area is 125 Å². The maximum Gasteiger partial charge on any atom is 0.246 e. The van der Waals surface area contributed by atoms with Crippen LogP contribution >= 0.6 is 0 Å². The minimum Gasteiger partial charge on any atom is -0.383 e. The van der Waals surface area contributed by atoms with E-state index in [2.05, 4.69) is 15.6 Å². The van der Waals surface area contributed by atoms with Crippen LogP contribution in [0.2, 0.25) is 0 Å². The summed E-state index contributed by atoms with van der Waals surface area (Å²) >= 11 is 0. The predicted molar refractivity (Wildman–Crippen MR) is 75.9 cm³/mol. The average Bonchev–Trinajstić information content (AvgIpc) is 2.46. The lowest BCUT2D eigenvalue weighted by Gasteiger charge is -2.13. The Morgan fingerprint density at radius 1 is 1.36 bits per heavy atom. The van der Waals surface area contributed by atoms with E-state index in [0.29, 0.717) is 12.7 Å². The molecule has 1 amide bonds. The number of carbonyl (C=O) groups excluding carboxylic acids is 1. The molecule has 1 aromatic rings. The lowest BCUT2D eigenvalue weighted by atomic mass is 10.3. The number of hydrogen-bond acceptors (Lipinski definition) is 3. The lowest BCUT2D eigenvalue weighted by molar-refractivity contribution is -0.114. The monoisotopic (exact) mass is 318 g/mol. The number of guanidine groups is 1. The molecule has 122 valence electrons. The molecule has 0 saturated heterocycles. The van der Waals surface area contributed by atoms with Crippen molar-refractivity contribution < 1.29 is 22.7 Å². The minimum atomic E-state index is -1.66. The van der Waals surface area contributed by atoms with Gasteiger partial charge in [0.15, 0.2) is 23.4 Å². The van der Waals surface area contributed by atoms with Gasteiger partial charge in [-0.2, -0.15) is 0 Å². The van der Waals surface area contributed by atoms with Crippen LogP contribution in [0.25, 0.3) is 0 Å². The summed E-state index contributed by atoms with van der Waals surface area (Å²) in [5.74, 6) is -5.19. The Hall–Kier alpha value is -2.29. The highest BCUT2D eigenvalue weighted by atomic mass is 19.2. The Kier molecular flexibility index (Phi) is 6.64. The molecule has 0 saturated carbocycles. The Morgan fingerprint density at radius 2 is 2.05 bits per heavy atom. The SMILES string of the molecule is COCC(C)NC(N)=NCC(=O)Nc1ccc(F)c(F)c1F. The van der Waals surface area contributed by atoms with Gasteiger partial charge in [0.05, 0.1) is 12.3 Å². The number of ether oxygens (including phenoxy) is 1. The number of benzene rings is 1. The molecule has 0 radical (unpaired) electrons. The number of rotatable bonds is 6. The van der Waals surface area contributed by atoms with Crippen LogP contribution < -0.4 is 16.4 Å². The number of carbonyl (C=O) groups is 1. The first kappa shape index (κ1) is 17.8. The molecule has 6 nitrogen and oxygen atoms in total. The van der Waals surface area contributed by atoms with E-state index in [-0.39, 0.29) is 12.0 Å². The largest absolute Gasteiger partial charge is 0.383 e. The van der Waals surface area contributed by atoms with Crippen molar-refractivity contribution in [2.75, 3.05) is 25.6 Å². The number of nitrogens with zero attached hydrogens (tertiary/aromatic N) is 1. The van der Waals surface area contributed by atoms with Crippen LogP contribution in [-0.4, -0.2) is 38.2 Å². The summed E-state index contributed by atoms with van der Waals surface area (Å²) in [6.45, 7) is 1.78. The van der Waals surface area contributed by atoms with Crippen LogP contribution in [0.1, 0.15) is 6.92 Å². The Balaban J connectivity index is 2.58. The second-order valence-electron chi connectivity index (χ2n) is 4.47. The van der Waals surface area contributed by atoms with Crippen LogP contribution in [0.15, 0.2) is 17.1 Å². The third-order valence-electron chi connectivity index (χ3n) is 2.51. The highest BCUT2D eigenvalue weighted by Gasteiger charge is 2.15. The van der Waals surface area contributed by atoms with Gasteiger partial charge in [-0.05, 0) is 19.1 Å². The maximum absolute atomic E-state index is 13.4. The van der Waals surface area contributed by atoms with Crippen molar-refractivity contribution in [3.05, 3.63) is 29.6 Å². The Morgan fingerprint density at radius 3 is 2.68 bits per heavy atom. The number of nitrogens with two attached hydrogens (primary N) is 1. The van der Waals surface area contributed by atoms with Crippen molar-refractivity contribution in [3.8, 4) is 0 Å². The molecule has 4 N–H and O–H groups in total. The molecule has 0 aromatic heterocycles. The zero-order chi connectivity index (χ0) is 16.7. The van der Waals surface area contributed by atoms with E-state index >= 15 is 0 Å². The van der Waals surface area contributed by atoms with E-state index in [9.17, 15) is 18.0 Å². The van der Waals surface area contributed by atoms with Gasteiger partial charge < -0.3 is 21.1 Å². The van der Waals surface area contributed by atoms with Crippen molar-refractivity contribution in [3.63, 3.8) is 0 Å². The van der Waals surface area contributed by atoms with E-state index in [0.717, 1.165) is 6.07 Å². The zero-order valence-corrected chi connectivity index (χ0v) is 12.1. The standard InChI is InChI=1S/C13H17F3N4O2/c1-7(6-22-2)19-13(17)18-5-10(21)20-9-4-3-8(14)11(15)12(9)16/h3-4,7H,5-6H2,1-2H3,(H,20,21)(H3,17,18,19). The minimum absolute atomic E-state index is 0.00505. The van der Waals surface area contributed by atoms with E-state index < -0.39 is 35.6 Å². The van der Waals surface area contributed by atoms with Crippen molar-refractivity contribution >= 4 is 17.6 Å². The van der Waals surface area contributed by atoms with Gasteiger partial charge in [0, 0.05) is 13.2 Å². The molecule has 0 fully saturated rings. The first-order valence-electron chi connectivity index (χ1n) is 6.34. The van der Waals surface area contributed by atoms with E-state index in [1.54, 1.807) is 6.92 Å². The van der Waals surface area contributed by atoms with Crippen LogP contribution in [0.4, 0.5) is 18.9 Å². The quantitative estimate of drug-likeness (QED) is 0.414. The molecule has 1 unspecified atom stereocenters.